The monoisotopic (exact) mass is 355 g/mol. The molecule has 0 aliphatic carbocycles. The van der Waals surface area contributed by atoms with E-state index in [0.717, 1.165) is 27.4 Å². The quantitative estimate of drug-likeness (QED) is 0.753. The van der Waals surface area contributed by atoms with Crippen molar-refractivity contribution in [2.24, 2.45) is 7.05 Å². The second kappa shape index (κ2) is 6.19. The van der Waals surface area contributed by atoms with Gasteiger partial charge in [-0.2, -0.15) is 5.10 Å². The zero-order valence-corrected chi connectivity index (χ0v) is 14.5. The first-order valence-corrected chi connectivity index (χ1v) is 8.03. The fraction of sp³-hybridized carbons (Fsp3) is 0.400. The highest BCUT2D eigenvalue weighted by Crippen LogP contribution is 2.33. The molecule has 3 nitrogen and oxygen atoms in total. The van der Waals surface area contributed by atoms with Gasteiger partial charge in [0, 0.05) is 30.0 Å². The zero-order chi connectivity index (χ0) is 14.9. The number of hydrogen-bond donors (Lipinski definition) is 0. The molecule has 5 heteroatoms. The summed E-state index contributed by atoms with van der Waals surface area (Å²) in [4.78, 5) is 2.22. The van der Waals surface area contributed by atoms with Gasteiger partial charge in [-0.15, -0.1) is 0 Å². The molecule has 1 aromatic carbocycles. The van der Waals surface area contributed by atoms with Gasteiger partial charge >= 0.3 is 0 Å². The van der Waals surface area contributed by atoms with Crippen molar-refractivity contribution in [3.05, 3.63) is 46.1 Å². The number of anilines is 1. The molecule has 0 bridgehead atoms. The Morgan fingerprint density at radius 3 is 2.65 bits per heavy atom. The molecule has 108 valence electrons. The molecule has 1 atom stereocenters. The van der Waals surface area contributed by atoms with E-state index in [9.17, 15) is 0 Å². The lowest BCUT2D eigenvalue weighted by atomic mass is 10.1. The summed E-state index contributed by atoms with van der Waals surface area (Å²) in [6.45, 7) is 4.19. The third-order valence-electron chi connectivity index (χ3n) is 3.72. The smallest absolute Gasteiger partial charge is 0.131 e. The molecular weight excluding hydrogens is 338 g/mol. The molecule has 0 fully saturated rings. The minimum Gasteiger partial charge on any atom is -0.353 e. The lowest BCUT2D eigenvalue weighted by molar-refractivity contribution is 0.672. The number of hydrogen-bond acceptors (Lipinski definition) is 2. The first kappa shape index (κ1) is 15.4. The molecule has 0 aliphatic heterocycles. The summed E-state index contributed by atoms with van der Waals surface area (Å²) >= 11 is 9.87. The van der Waals surface area contributed by atoms with Gasteiger partial charge in [0.05, 0.1) is 11.7 Å². The fourth-order valence-corrected chi connectivity index (χ4v) is 3.44. The number of alkyl halides is 1. The first-order chi connectivity index (χ1) is 9.47. The first-order valence-electron chi connectivity index (χ1n) is 6.53. The van der Waals surface area contributed by atoms with Crippen LogP contribution in [0.15, 0.2) is 24.3 Å². The number of rotatable bonds is 4. The molecule has 1 heterocycles. The summed E-state index contributed by atoms with van der Waals surface area (Å²) in [6, 6.07) is 8.15. The Morgan fingerprint density at radius 2 is 2.05 bits per heavy atom. The molecular formula is C15H19BrClN3. The van der Waals surface area contributed by atoms with E-state index in [2.05, 4.69) is 46.0 Å². The van der Waals surface area contributed by atoms with E-state index < -0.39 is 0 Å². The highest BCUT2D eigenvalue weighted by atomic mass is 79.9. The summed E-state index contributed by atoms with van der Waals surface area (Å²) in [7, 11) is 4.06. The van der Waals surface area contributed by atoms with Crippen LogP contribution in [0.1, 0.15) is 29.8 Å². The minimum absolute atomic E-state index is 0.177. The summed E-state index contributed by atoms with van der Waals surface area (Å²) in [5, 5.41) is 6.10. The van der Waals surface area contributed by atoms with Crippen LogP contribution in [0, 0.1) is 6.92 Å². The van der Waals surface area contributed by atoms with E-state index in [1.165, 1.54) is 5.56 Å². The van der Waals surface area contributed by atoms with Gasteiger partial charge < -0.3 is 4.90 Å². The molecule has 0 spiro atoms. The average Bonchev–Trinajstić information content (AvgIpc) is 2.71. The summed E-state index contributed by atoms with van der Waals surface area (Å²) < 4.78 is 1.93. The van der Waals surface area contributed by atoms with E-state index in [-0.39, 0.29) is 6.04 Å². The van der Waals surface area contributed by atoms with Crippen LogP contribution >= 0.6 is 27.5 Å². The molecule has 20 heavy (non-hydrogen) atoms. The topological polar surface area (TPSA) is 21.1 Å². The molecule has 1 aromatic heterocycles. The van der Waals surface area contributed by atoms with E-state index >= 15 is 0 Å². The van der Waals surface area contributed by atoms with Crippen LogP contribution in [-0.2, 0) is 12.4 Å². The number of halogens is 2. The Kier molecular flexibility index (Phi) is 4.76. The van der Waals surface area contributed by atoms with Crippen LogP contribution in [0.2, 0.25) is 5.02 Å². The van der Waals surface area contributed by atoms with Crippen molar-refractivity contribution in [2.75, 3.05) is 11.9 Å². The number of benzene rings is 1. The summed E-state index contributed by atoms with van der Waals surface area (Å²) in [5.41, 5.74) is 3.39. The van der Waals surface area contributed by atoms with Gasteiger partial charge in [0.15, 0.2) is 0 Å². The maximum atomic E-state index is 6.31. The predicted molar refractivity (Wildman–Crippen MR) is 88.8 cm³/mol. The van der Waals surface area contributed by atoms with Crippen LogP contribution in [0.4, 0.5) is 5.82 Å². The van der Waals surface area contributed by atoms with Gasteiger partial charge in [-0.3, -0.25) is 4.68 Å². The maximum absolute atomic E-state index is 6.31. The number of aromatic nitrogens is 2. The highest BCUT2D eigenvalue weighted by Gasteiger charge is 2.21. The molecule has 2 rings (SSSR count). The molecule has 2 aromatic rings. The van der Waals surface area contributed by atoms with Crippen LogP contribution in [0.25, 0.3) is 0 Å². The van der Waals surface area contributed by atoms with Crippen molar-refractivity contribution in [1.82, 2.24) is 9.78 Å². The maximum Gasteiger partial charge on any atom is 0.131 e. The van der Waals surface area contributed by atoms with Gasteiger partial charge in [-0.1, -0.05) is 45.7 Å². The predicted octanol–water partition coefficient (Wildman–Crippen LogP) is 4.47. The fourth-order valence-electron chi connectivity index (χ4n) is 2.49. The number of aryl methyl sites for hydroxylation is 2. The van der Waals surface area contributed by atoms with Gasteiger partial charge in [0.1, 0.15) is 5.82 Å². The number of nitrogens with zero attached hydrogens (tertiary/aromatic N) is 3. The summed E-state index contributed by atoms with van der Waals surface area (Å²) in [5.74, 6) is 1.12. The standard InChI is InChI=1S/C15H19BrClN3/c1-10-13(9-16)15(20(4)18-10)19(3)11(2)12-7-5-6-8-14(12)17/h5-8,11H,9H2,1-4H3. The van der Waals surface area contributed by atoms with E-state index in [1.54, 1.807) is 0 Å². The normalized spacial score (nSPS) is 12.5. The van der Waals surface area contributed by atoms with Crippen molar-refractivity contribution in [2.45, 2.75) is 25.2 Å². The Morgan fingerprint density at radius 1 is 1.40 bits per heavy atom. The molecule has 0 N–H and O–H groups in total. The van der Waals surface area contributed by atoms with Crippen molar-refractivity contribution in [3.8, 4) is 0 Å². The minimum atomic E-state index is 0.177. The molecule has 0 saturated heterocycles. The van der Waals surface area contributed by atoms with Crippen LogP contribution in [-0.4, -0.2) is 16.8 Å². The summed E-state index contributed by atoms with van der Waals surface area (Å²) in [6.07, 6.45) is 0. The lowest BCUT2D eigenvalue weighted by Crippen LogP contribution is -2.25. The van der Waals surface area contributed by atoms with Crippen LogP contribution in [0.5, 0.6) is 0 Å². The molecule has 1 unspecified atom stereocenters. The van der Waals surface area contributed by atoms with Crippen LogP contribution < -0.4 is 4.90 Å². The molecule has 0 aliphatic rings. The van der Waals surface area contributed by atoms with Crippen LogP contribution in [0.3, 0.4) is 0 Å². The van der Waals surface area contributed by atoms with E-state index in [4.69, 9.17) is 11.6 Å². The van der Waals surface area contributed by atoms with Gasteiger partial charge in [0.2, 0.25) is 0 Å². The van der Waals surface area contributed by atoms with E-state index in [0.29, 0.717) is 0 Å². The molecule has 0 amide bonds. The highest BCUT2D eigenvalue weighted by molar-refractivity contribution is 9.08. The van der Waals surface area contributed by atoms with Gasteiger partial charge in [-0.25, -0.2) is 0 Å². The Balaban J connectivity index is 2.41. The lowest BCUT2D eigenvalue weighted by Gasteiger charge is -2.28. The third-order valence-corrected chi connectivity index (χ3v) is 4.62. The zero-order valence-electron chi connectivity index (χ0n) is 12.2. The largest absolute Gasteiger partial charge is 0.353 e. The van der Waals surface area contributed by atoms with Gasteiger partial charge in [-0.05, 0) is 25.5 Å². The van der Waals surface area contributed by atoms with Crippen molar-refractivity contribution in [1.29, 1.82) is 0 Å². The molecule has 0 radical (unpaired) electrons. The Hall–Kier alpha value is -1.000. The van der Waals surface area contributed by atoms with Crippen molar-refractivity contribution < 1.29 is 0 Å². The van der Waals surface area contributed by atoms with Gasteiger partial charge in [0.25, 0.3) is 0 Å². The Labute approximate surface area is 133 Å². The van der Waals surface area contributed by atoms with Crippen molar-refractivity contribution in [3.63, 3.8) is 0 Å². The second-order valence-electron chi connectivity index (χ2n) is 4.95. The second-order valence-corrected chi connectivity index (χ2v) is 5.92. The molecule has 0 saturated carbocycles. The SMILES string of the molecule is Cc1nn(C)c(N(C)C(C)c2ccccc2Cl)c1CBr. The van der Waals surface area contributed by atoms with E-state index in [1.807, 2.05) is 36.9 Å². The third kappa shape index (κ3) is 2.72. The van der Waals surface area contributed by atoms with Crippen molar-refractivity contribution >= 4 is 33.3 Å². The Bertz CT molecular complexity index is 609. The average molecular weight is 357 g/mol.